The molecule has 0 fully saturated rings. The van der Waals surface area contributed by atoms with Crippen molar-refractivity contribution in [3.05, 3.63) is 87.7 Å². The van der Waals surface area contributed by atoms with Gasteiger partial charge < -0.3 is 30.0 Å². The van der Waals surface area contributed by atoms with E-state index in [0.29, 0.717) is 25.3 Å². The molecule has 3 N–H and O–H groups in total. The van der Waals surface area contributed by atoms with Crippen LogP contribution in [0, 0.1) is 0 Å². The smallest absolute Gasteiger partial charge is 0.431 e. The van der Waals surface area contributed by atoms with Gasteiger partial charge in [0.1, 0.15) is 24.2 Å². The van der Waals surface area contributed by atoms with Gasteiger partial charge in [0.2, 0.25) is 0 Å². The molecule has 3 rings (SSSR count). The number of halogens is 4. The Labute approximate surface area is 253 Å². The number of aliphatic hydroxyl groups is 1. The van der Waals surface area contributed by atoms with Crippen LogP contribution in [0.5, 0.6) is 5.75 Å². The Hall–Kier alpha value is -3.54. The molecule has 0 saturated heterocycles. The first kappa shape index (κ1) is 34.0. The zero-order valence-electron chi connectivity index (χ0n) is 24.0. The van der Waals surface area contributed by atoms with Crippen molar-refractivity contribution in [3.8, 4) is 5.75 Å². The first-order valence-corrected chi connectivity index (χ1v) is 14.3. The molecule has 0 aromatic heterocycles. The maximum Gasteiger partial charge on any atom is 0.431 e. The van der Waals surface area contributed by atoms with Crippen LogP contribution >= 0.6 is 11.6 Å². The zero-order chi connectivity index (χ0) is 31.4. The summed E-state index contributed by atoms with van der Waals surface area (Å²) in [6.07, 6.45) is -2.62. The molecule has 0 saturated carbocycles. The molecular weight excluding hydrogens is 589 g/mol. The van der Waals surface area contributed by atoms with E-state index < -0.39 is 41.4 Å². The molecule has 0 aliphatic carbocycles. The number of para-hydroxylation sites is 1. The summed E-state index contributed by atoms with van der Waals surface area (Å²) in [6, 6.07) is 15.2. The average Bonchev–Trinajstić information content (AvgIpc) is 2.98. The Morgan fingerprint density at radius 1 is 1.02 bits per heavy atom. The minimum Gasteiger partial charge on any atom is -0.491 e. The molecule has 8 nitrogen and oxygen atoms in total. The van der Waals surface area contributed by atoms with Crippen LogP contribution < -0.4 is 15.4 Å². The van der Waals surface area contributed by atoms with Gasteiger partial charge in [-0.05, 0) is 56.1 Å². The topological polar surface area (TPSA) is 106 Å². The summed E-state index contributed by atoms with van der Waals surface area (Å²) in [4.78, 5) is 25.9. The van der Waals surface area contributed by atoms with Crippen LogP contribution in [-0.4, -0.2) is 62.7 Å². The molecule has 0 bridgehead atoms. The fraction of sp³-hybridized carbons (Fsp3) is 0.419. The second-order valence-corrected chi connectivity index (χ2v) is 10.4. The predicted molar refractivity (Wildman–Crippen MR) is 155 cm³/mol. The minimum atomic E-state index is -4.92. The number of allylic oxidation sites excluding steroid dienone is 2. The van der Waals surface area contributed by atoms with Gasteiger partial charge >= 0.3 is 18.1 Å². The van der Waals surface area contributed by atoms with Gasteiger partial charge in [-0.3, -0.25) is 0 Å². The van der Waals surface area contributed by atoms with Crippen molar-refractivity contribution < 1.29 is 42.1 Å². The summed E-state index contributed by atoms with van der Waals surface area (Å²) in [5.41, 5.74) is -2.05. The molecule has 2 aromatic carbocycles. The monoisotopic (exact) mass is 624 g/mol. The van der Waals surface area contributed by atoms with E-state index in [9.17, 15) is 27.9 Å². The van der Waals surface area contributed by atoms with Gasteiger partial charge in [0, 0.05) is 17.3 Å². The van der Waals surface area contributed by atoms with Crippen LogP contribution in [0.15, 0.2) is 77.1 Å². The molecule has 0 amide bonds. The lowest BCUT2D eigenvalue weighted by Crippen LogP contribution is -2.38. The second kappa shape index (κ2) is 16.3. The molecule has 2 atom stereocenters. The first-order valence-electron chi connectivity index (χ1n) is 13.9. The van der Waals surface area contributed by atoms with Crippen LogP contribution in [0.4, 0.5) is 13.2 Å². The number of dihydropyridines is 1. The highest BCUT2D eigenvalue weighted by atomic mass is 35.5. The van der Waals surface area contributed by atoms with Crippen molar-refractivity contribution in [1.29, 1.82) is 0 Å². The number of alkyl halides is 3. The molecule has 1 heterocycles. The third-order valence-electron chi connectivity index (χ3n) is 6.70. The Balaban J connectivity index is 1.51. The molecule has 0 radical (unpaired) electrons. The third-order valence-corrected chi connectivity index (χ3v) is 6.94. The largest absolute Gasteiger partial charge is 0.491 e. The number of hydrogen-bond donors (Lipinski definition) is 3. The summed E-state index contributed by atoms with van der Waals surface area (Å²) in [5.74, 6) is -2.78. The number of methoxy groups -OCH3 is 1. The van der Waals surface area contributed by atoms with E-state index in [-0.39, 0.29) is 35.1 Å². The maximum atomic E-state index is 14.0. The number of esters is 2. The van der Waals surface area contributed by atoms with E-state index in [0.717, 1.165) is 26.4 Å². The van der Waals surface area contributed by atoms with Gasteiger partial charge in [0.15, 0.2) is 0 Å². The molecular formula is C31H36ClF3N2O6. The number of hydrogen-bond acceptors (Lipinski definition) is 8. The number of benzene rings is 2. The van der Waals surface area contributed by atoms with Gasteiger partial charge in [0.05, 0.1) is 30.8 Å². The normalized spacial score (nSPS) is 16.0. The Bertz CT molecular complexity index is 1300. The zero-order valence-corrected chi connectivity index (χ0v) is 24.8. The van der Waals surface area contributed by atoms with Crippen molar-refractivity contribution in [2.75, 3.05) is 33.4 Å². The molecule has 234 valence electrons. The van der Waals surface area contributed by atoms with E-state index in [2.05, 4.69) is 15.4 Å². The van der Waals surface area contributed by atoms with E-state index >= 15 is 0 Å². The highest BCUT2D eigenvalue weighted by Crippen LogP contribution is 2.43. The summed E-state index contributed by atoms with van der Waals surface area (Å²) in [5, 5.41) is 15.6. The summed E-state index contributed by atoms with van der Waals surface area (Å²) < 4.78 is 57.6. The number of nitrogens with one attached hydrogen (secondary N) is 2. The average molecular weight is 625 g/mol. The second-order valence-electron chi connectivity index (χ2n) is 9.96. The number of aliphatic hydroxyl groups excluding tert-OH is 1. The van der Waals surface area contributed by atoms with Crippen molar-refractivity contribution in [3.63, 3.8) is 0 Å². The molecule has 2 unspecified atom stereocenters. The summed E-state index contributed by atoms with van der Waals surface area (Å²) >= 11 is 6.11. The lowest BCUT2D eigenvalue weighted by molar-refractivity contribution is -0.140. The quantitative estimate of drug-likeness (QED) is 0.178. The van der Waals surface area contributed by atoms with E-state index in [4.69, 9.17) is 21.1 Å². The molecule has 2 aromatic rings. The fourth-order valence-corrected chi connectivity index (χ4v) is 4.85. The van der Waals surface area contributed by atoms with Crippen LogP contribution in [-0.2, 0) is 19.1 Å². The molecule has 43 heavy (non-hydrogen) atoms. The third kappa shape index (κ3) is 10.0. The van der Waals surface area contributed by atoms with Crippen LogP contribution in [0.3, 0.4) is 0 Å². The molecule has 12 heteroatoms. The SMILES string of the molecule is COC(=O)C1=C(C(F)(F)F)NC(C)=C(C(=O)OCCCCCCNCC(O)COc2ccccc2)C1c1cccc(Cl)c1. The number of carbonyl (C=O) groups is 2. The van der Waals surface area contributed by atoms with Crippen LogP contribution in [0.25, 0.3) is 0 Å². The van der Waals surface area contributed by atoms with Gasteiger partial charge in [-0.2, -0.15) is 13.2 Å². The first-order chi connectivity index (χ1) is 20.5. The van der Waals surface area contributed by atoms with Crippen molar-refractivity contribution >= 4 is 23.5 Å². The van der Waals surface area contributed by atoms with E-state index in [1.54, 1.807) is 0 Å². The number of rotatable bonds is 15. The van der Waals surface area contributed by atoms with Crippen molar-refractivity contribution in [2.45, 2.75) is 50.8 Å². The fourth-order valence-electron chi connectivity index (χ4n) is 4.66. The lowest BCUT2D eigenvalue weighted by Gasteiger charge is -2.32. The van der Waals surface area contributed by atoms with E-state index in [1.165, 1.54) is 31.2 Å². The summed E-state index contributed by atoms with van der Waals surface area (Å²) in [7, 11) is 0.972. The van der Waals surface area contributed by atoms with Gasteiger partial charge in [-0.15, -0.1) is 0 Å². The van der Waals surface area contributed by atoms with Crippen molar-refractivity contribution in [1.82, 2.24) is 10.6 Å². The number of ether oxygens (including phenoxy) is 3. The number of carbonyl (C=O) groups excluding carboxylic acids is 2. The predicted octanol–water partition coefficient (Wildman–Crippen LogP) is 5.42. The van der Waals surface area contributed by atoms with Gasteiger partial charge in [0.25, 0.3) is 0 Å². The molecule has 0 spiro atoms. The lowest BCUT2D eigenvalue weighted by atomic mass is 9.80. The maximum absolute atomic E-state index is 14.0. The highest BCUT2D eigenvalue weighted by molar-refractivity contribution is 6.30. The Morgan fingerprint density at radius 3 is 2.42 bits per heavy atom. The Morgan fingerprint density at radius 2 is 1.74 bits per heavy atom. The van der Waals surface area contributed by atoms with Crippen LogP contribution in [0.1, 0.15) is 44.1 Å². The van der Waals surface area contributed by atoms with Gasteiger partial charge in [-0.25, -0.2) is 9.59 Å². The van der Waals surface area contributed by atoms with Crippen LogP contribution in [0.2, 0.25) is 5.02 Å². The summed E-state index contributed by atoms with van der Waals surface area (Å²) in [6.45, 7) is 2.63. The Kier molecular flexibility index (Phi) is 12.9. The number of unbranched alkanes of at least 4 members (excludes halogenated alkanes) is 3. The molecule has 1 aliphatic rings. The van der Waals surface area contributed by atoms with Gasteiger partial charge in [-0.1, -0.05) is 54.8 Å². The minimum absolute atomic E-state index is 0.0459. The highest BCUT2D eigenvalue weighted by Gasteiger charge is 2.47. The van der Waals surface area contributed by atoms with Crippen molar-refractivity contribution in [2.24, 2.45) is 0 Å². The standard InChI is InChI=1S/C31H36ClF3N2O6/c1-20-25(26(21-11-10-12-22(32)17-21)27(29(39)41-2)28(37-20)31(33,34)35)30(40)42-16-9-4-3-8-15-36-18-23(38)19-43-24-13-6-5-7-14-24/h5-7,10-14,17,23,26,36-38H,3-4,8-9,15-16,18-19H2,1-2H3. The van der Waals surface area contributed by atoms with E-state index in [1.807, 2.05) is 30.3 Å². The molecule has 1 aliphatic heterocycles.